The number of H-pyrrole nitrogens is 2. The molecule has 2 rings (SSSR count). The normalized spacial score (nSPS) is 9.82. The van der Waals surface area contributed by atoms with Gasteiger partial charge in [-0.25, -0.2) is 10.2 Å². The van der Waals surface area contributed by atoms with Gasteiger partial charge in [0.2, 0.25) is 11.8 Å². The third-order valence-corrected chi connectivity index (χ3v) is 1.17. The summed E-state index contributed by atoms with van der Waals surface area (Å²) in [6, 6.07) is 3.45. The topological polar surface area (TPSA) is 66.6 Å². The Morgan fingerprint density at radius 3 is 1.91 bits per heavy atom. The molecular weight excluding hydrogens is 144 g/mol. The number of aromatic amines is 2. The summed E-state index contributed by atoms with van der Waals surface area (Å²) in [7, 11) is 0. The number of nitrogens with zero attached hydrogens (tertiary/aromatic N) is 2. The molecule has 0 saturated carbocycles. The molecule has 0 saturated heterocycles. The maximum atomic E-state index is 5.22. The summed E-state index contributed by atoms with van der Waals surface area (Å²) < 4.78 is 5.22. The van der Waals surface area contributed by atoms with Gasteiger partial charge in [0, 0.05) is 12.1 Å². The van der Waals surface area contributed by atoms with E-state index >= 15 is 0 Å². The van der Waals surface area contributed by atoms with E-state index in [1.807, 2.05) is 0 Å². The molecule has 2 aromatic heterocycles. The van der Waals surface area contributed by atoms with E-state index in [2.05, 4.69) is 20.4 Å². The van der Waals surface area contributed by atoms with Gasteiger partial charge in [-0.05, 0) is 0 Å². The van der Waals surface area contributed by atoms with Gasteiger partial charge in [-0.15, -0.1) is 0 Å². The van der Waals surface area contributed by atoms with Gasteiger partial charge in [-0.1, -0.05) is 0 Å². The summed E-state index contributed by atoms with van der Waals surface area (Å²) in [5.41, 5.74) is 0. The number of ether oxygens (including phenoxy) is 1. The molecule has 0 unspecified atom stereocenters. The van der Waals surface area contributed by atoms with Gasteiger partial charge in [0.1, 0.15) is 0 Å². The molecule has 56 valence electrons. The van der Waals surface area contributed by atoms with Crippen LogP contribution in [0.1, 0.15) is 0 Å². The first-order valence-electron chi connectivity index (χ1n) is 3.12. The molecule has 0 atom stereocenters. The molecule has 0 aliphatic rings. The predicted molar refractivity (Wildman–Crippen MR) is 37.2 cm³/mol. The third-order valence-electron chi connectivity index (χ3n) is 1.17. The van der Waals surface area contributed by atoms with Crippen molar-refractivity contribution in [1.29, 1.82) is 0 Å². The van der Waals surface area contributed by atoms with Gasteiger partial charge in [-0.3, -0.25) is 0 Å². The van der Waals surface area contributed by atoms with Crippen LogP contribution in [0.5, 0.6) is 11.8 Å². The quantitative estimate of drug-likeness (QED) is 0.669. The van der Waals surface area contributed by atoms with E-state index in [0.717, 1.165) is 0 Å². The van der Waals surface area contributed by atoms with Crippen molar-refractivity contribution in [3.63, 3.8) is 0 Å². The Bertz CT molecular complexity index is 267. The number of nitrogens with one attached hydrogen (secondary N) is 2. The van der Waals surface area contributed by atoms with Crippen LogP contribution in [-0.4, -0.2) is 20.4 Å². The molecule has 11 heavy (non-hydrogen) atoms. The highest BCUT2D eigenvalue weighted by molar-refractivity contribution is 5.15. The Kier molecular flexibility index (Phi) is 1.33. The second kappa shape index (κ2) is 2.45. The second-order valence-electron chi connectivity index (χ2n) is 1.94. The van der Waals surface area contributed by atoms with Crippen LogP contribution < -0.4 is 4.74 Å². The van der Waals surface area contributed by atoms with Crippen LogP contribution >= 0.6 is 0 Å². The molecule has 0 bridgehead atoms. The molecule has 0 aromatic carbocycles. The van der Waals surface area contributed by atoms with Crippen LogP contribution in [0.2, 0.25) is 0 Å². The predicted octanol–water partition coefficient (Wildman–Crippen LogP) is 0.925. The van der Waals surface area contributed by atoms with Crippen molar-refractivity contribution in [2.45, 2.75) is 0 Å². The van der Waals surface area contributed by atoms with Crippen molar-refractivity contribution in [2.75, 3.05) is 0 Å². The molecule has 5 heteroatoms. The fraction of sp³-hybridized carbons (Fsp3) is 0. The van der Waals surface area contributed by atoms with Crippen molar-refractivity contribution in [3.05, 3.63) is 24.5 Å². The first-order chi connectivity index (χ1) is 5.45. The van der Waals surface area contributed by atoms with E-state index in [4.69, 9.17) is 4.74 Å². The fourth-order valence-electron chi connectivity index (χ4n) is 0.718. The van der Waals surface area contributed by atoms with Crippen molar-refractivity contribution >= 4 is 0 Å². The van der Waals surface area contributed by atoms with Crippen molar-refractivity contribution in [2.24, 2.45) is 0 Å². The Labute approximate surface area is 62.4 Å². The molecular formula is C6H6N4O. The lowest BCUT2D eigenvalue weighted by molar-refractivity contribution is 0.442. The van der Waals surface area contributed by atoms with E-state index in [0.29, 0.717) is 11.8 Å². The Morgan fingerprint density at radius 1 is 1.00 bits per heavy atom. The number of rotatable bonds is 2. The molecule has 0 aliphatic heterocycles. The second-order valence-corrected chi connectivity index (χ2v) is 1.94. The lowest BCUT2D eigenvalue weighted by Gasteiger charge is -1.95. The molecule has 2 heterocycles. The first kappa shape index (κ1) is 5.96. The van der Waals surface area contributed by atoms with Gasteiger partial charge < -0.3 is 4.74 Å². The maximum Gasteiger partial charge on any atom is 0.217 e. The Hall–Kier alpha value is -1.78. The molecule has 2 N–H and O–H groups in total. The average Bonchev–Trinajstić information content (AvgIpc) is 2.60. The van der Waals surface area contributed by atoms with Crippen LogP contribution in [-0.2, 0) is 0 Å². The Morgan fingerprint density at radius 2 is 1.55 bits per heavy atom. The molecule has 5 nitrogen and oxygen atoms in total. The minimum atomic E-state index is 0.592. The van der Waals surface area contributed by atoms with Crippen molar-refractivity contribution in [1.82, 2.24) is 20.4 Å². The molecule has 0 fully saturated rings. The molecule has 0 amide bonds. The average molecular weight is 150 g/mol. The van der Waals surface area contributed by atoms with E-state index in [9.17, 15) is 0 Å². The van der Waals surface area contributed by atoms with E-state index in [1.54, 1.807) is 24.5 Å². The highest BCUT2D eigenvalue weighted by atomic mass is 16.5. The van der Waals surface area contributed by atoms with Gasteiger partial charge >= 0.3 is 0 Å². The highest BCUT2D eigenvalue weighted by Gasteiger charge is 1.96. The first-order valence-corrected chi connectivity index (χ1v) is 3.12. The SMILES string of the molecule is c1cc(Oc2ccn[nH]2)[nH]n1. The largest absolute Gasteiger partial charge is 0.422 e. The number of aromatic nitrogens is 4. The number of hydrogen-bond acceptors (Lipinski definition) is 3. The van der Waals surface area contributed by atoms with Crippen molar-refractivity contribution in [3.8, 4) is 11.8 Å². The highest BCUT2D eigenvalue weighted by Crippen LogP contribution is 2.13. The summed E-state index contributed by atoms with van der Waals surface area (Å²) in [6.45, 7) is 0. The molecule has 2 aromatic rings. The molecule has 0 aliphatic carbocycles. The van der Waals surface area contributed by atoms with Crippen LogP contribution in [0.15, 0.2) is 24.5 Å². The standard InChI is InChI=1S/C6H6N4O/c1-3-7-9-5(1)11-6-2-4-8-10-6/h1-4H,(H,7,9)(H,8,10). The van der Waals surface area contributed by atoms with Gasteiger partial charge in [0.25, 0.3) is 0 Å². The lowest BCUT2D eigenvalue weighted by Crippen LogP contribution is -1.83. The minimum absolute atomic E-state index is 0.592. The van der Waals surface area contributed by atoms with Gasteiger partial charge in [0.05, 0.1) is 12.4 Å². The van der Waals surface area contributed by atoms with Gasteiger partial charge in [0.15, 0.2) is 0 Å². The van der Waals surface area contributed by atoms with Crippen LogP contribution in [0.4, 0.5) is 0 Å². The fourth-order valence-corrected chi connectivity index (χ4v) is 0.718. The lowest BCUT2D eigenvalue weighted by atomic mass is 10.6. The van der Waals surface area contributed by atoms with E-state index < -0.39 is 0 Å². The number of hydrogen-bond donors (Lipinski definition) is 2. The zero-order chi connectivity index (χ0) is 7.52. The summed E-state index contributed by atoms with van der Waals surface area (Å²) in [6.07, 6.45) is 3.23. The molecule has 0 radical (unpaired) electrons. The van der Waals surface area contributed by atoms with E-state index in [1.165, 1.54) is 0 Å². The smallest absolute Gasteiger partial charge is 0.217 e. The zero-order valence-electron chi connectivity index (χ0n) is 5.61. The summed E-state index contributed by atoms with van der Waals surface area (Å²) in [5.74, 6) is 1.18. The van der Waals surface area contributed by atoms with Crippen molar-refractivity contribution < 1.29 is 4.74 Å². The van der Waals surface area contributed by atoms with Gasteiger partial charge in [-0.2, -0.15) is 10.2 Å². The van der Waals surface area contributed by atoms with Crippen LogP contribution in [0, 0.1) is 0 Å². The summed E-state index contributed by atoms with van der Waals surface area (Å²) in [4.78, 5) is 0. The molecule has 0 spiro atoms. The zero-order valence-corrected chi connectivity index (χ0v) is 5.61. The van der Waals surface area contributed by atoms with Crippen LogP contribution in [0.25, 0.3) is 0 Å². The minimum Gasteiger partial charge on any atom is -0.422 e. The van der Waals surface area contributed by atoms with Crippen LogP contribution in [0.3, 0.4) is 0 Å². The Balaban J connectivity index is 2.14. The summed E-state index contributed by atoms with van der Waals surface area (Å²) >= 11 is 0. The maximum absolute atomic E-state index is 5.22. The van der Waals surface area contributed by atoms with E-state index in [-0.39, 0.29) is 0 Å². The monoisotopic (exact) mass is 150 g/mol. The third kappa shape index (κ3) is 1.21. The summed E-state index contributed by atoms with van der Waals surface area (Å²) in [5, 5.41) is 12.7.